The molecule has 1 saturated heterocycles. The molecule has 1 fully saturated rings. The number of benzene rings is 2. The average Bonchev–Trinajstić information content (AvgIpc) is 3.06. The lowest BCUT2D eigenvalue weighted by atomic mass is 10.0. The number of nitro benzene ring substituents is 1. The molecule has 0 bridgehead atoms. The molecule has 170 valence electrons. The largest absolute Gasteiger partial charge is 0.341 e. The van der Waals surface area contributed by atoms with E-state index in [0.29, 0.717) is 37.4 Å². The van der Waals surface area contributed by atoms with Crippen LogP contribution in [0.15, 0.2) is 60.8 Å². The second-order valence-electron chi connectivity index (χ2n) is 8.00. The fraction of sp³-hybridized carbons (Fsp3) is 0.292. The lowest BCUT2D eigenvalue weighted by Crippen LogP contribution is -2.37. The monoisotopic (exact) mass is 447 g/mol. The van der Waals surface area contributed by atoms with Crippen molar-refractivity contribution in [3.8, 4) is 16.9 Å². The Morgan fingerprint density at radius 1 is 0.970 bits per heavy atom. The normalized spacial score (nSPS) is 14.1. The number of nitro groups is 1. The van der Waals surface area contributed by atoms with Gasteiger partial charge in [-0.15, -0.1) is 0 Å². The van der Waals surface area contributed by atoms with Crippen LogP contribution in [-0.4, -0.2) is 62.5 Å². The predicted octanol–water partition coefficient (Wildman–Crippen LogP) is 3.07. The van der Waals surface area contributed by atoms with Crippen LogP contribution < -0.4 is 0 Å². The van der Waals surface area contributed by atoms with Gasteiger partial charge in [-0.1, -0.05) is 18.2 Å². The Labute approximate surface area is 191 Å². The number of para-hydroxylation sites is 1. The Kier molecular flexibility index (Phi) is 6.48. The van der Waals surface area contributed by atoms with Gasteiger partial charge < -0.3 is 9.80 Å². The topological polar surface area (TPSA) is 102 Å². The second-order valence-corrected chi connectivity index (χ2v) is 8.00. The molecule has 2 heterocycles. The van der Waals surface area contributed by atoms with Crippen LogP contribution in [0.4, 0.5) is 5.69 Å². The highest BCUT2D eigenvalue weighted by Gasteiger charge is 2.23. The maximum absolute atomic E-state index is 13.2. The number of carbonyl (C=O) groups is 2. The van der Waals surface area contributed by atoms with Gasteiger partial charge in [-0.25, -0.2) is 4.68 Å². The maximum Gasteiger partial charge on any atom is 0.269 e. The van der Waals surface area contributed by atoms with Gasteiger partial charge in [0.05, 0.1) is 22.7 Å². The molecule has 2 amide bonds. The van der Waals surface area contributed by atoms with Crippen molar-refractivity contribution >= 4 is 17.5 Å². The molecule has 0 N–H and O–H groups in total. The summed E-state index contributed by atoms with van der Waals surface area (Å²) in [4.78, 5) is 39.0. The molecule has 3 aromatic rings. The lowest BCUT2D eigenvalue weighted by Gasteiger charge is -2.21. The minimum Gasteiger partial charge on any atom is -0.341 e. The third-order valence-electron chi connectivity index (χ3n) is 5.80. The third-order valence-corrected chi connectivity index (χ3v) is 5.80. The summed E-state index contributed by atoms with van der Waals surface area (Å²) in [5.41, 5.74) is 2.91. The first-order chi connectivity index (χ1) is 15.9. The summed E-state index contributed by atoms with van der Waals surface area (Å²) in [5.74, 6) is -0.00920. The second kappa shape index (κ2) is 9.64. The van der Waals surface area contributed by atoms with E-state index in [9.17, 15) is 19.7 Å². The van der Waals surface area contributed by atoms with Gasteiger partial charge in [0.15, 0.2) is 0 Å². The van der Waals surface area contributed by atoms with Crippen molar-refractivity contribution in [1.82, 2.24) is 19.6 Å². The van der Waals surface area contributed by atoms with E-state index >= 15 is 0 Å². The summed E-state index contributed by atoms with van der Waals surface area (Å²) in [6, 6.07) is 15.8. The van der Waals surface area contributed by atoms with E-state index < -0.39 is 4.92 Å². The Morgan fingerprint density at radius 2 is 1.64 bits per heavy atom. The first-order valence-corrected chi connectivity index (χ1v) is 10.8. The maximum atomic E-state index is 13.2. The van der Waals surface area contributed by atoms with Gasteiger partial charge in [0, 0.05) is 62.6 Å². The summed E-state index contributed by atoms with van der Waals surface area (Å²) in [6.45, 7) is 3.82. The fourth-order valence-electron chi connectivity index (χ4n) is 3.99. The zero-order chi connectivity index (χ0) is 23.4. The van der Waals surface area contributed by atoms with Crippen LogP contribution in [0.5, 0.6) is 0 Å². The molecule has 1 aliphatic heterocycles. The van der Waals surface area contributed by atoms with Crippen LogP contribution in [0, 0.1) is 10.1 Å². The van der Waals surface area contributed by atoms with Crippen molar-refractivity contribution in [2.75, 3.05) is 26.2 Å². The SMILES string of the molecule is CC(=O)N1CCCN(C(=O)Cc2cn(-c3ccccc3)nc2-c2ccc([N+](=O)[O-])cc2)CC1. The smallest absolute Gasteiger partial charge is 0.269 e. The van der Waals surface area contributed by atoms with Gasteiger partial charge in [0.25, 0.3) is 5.69 Å². The van der Waals surface area contributed by atoms with Crippen LogP contribution in [0.2, 0.25) is 0 Å². The summed E-state index contributed by atoms with van der Waals surface area (Å²) in [5, 5.41) is 15.7. The molecule has 0 saturated carbocycles. The molecule has 9 heteroatoms. The molecule has 0 unspecified atom stereocenters. The Balaban J connectivity index is 1.62. The number of hydrogen-bond donors (Lipinski definition) is 0. The van der Waals surface area contributed by atoms with Gasteiger partial charge in [0.1, 0.15) is 0 Å². The summed E-state index contributed by atoms with van der Waals surface area (Å²) < 4.78 is 1.72. The zero-order valence-electron chi connectivity index (χ0n) is 18.4. The number of non-ortho nitro benzene ring substituents is 1. The van der Waals surface area contributed by atoms with Crippen LogP contribution in [0.3, 0.4) is 0 Å². The molecule has 9 nitrogen and oxygen atoms in total. The van der Waals surface area contributed by atoms with E-state index in [0.717, 1.165) is 17.7 Å². The molecule has 0 atom stereocenters. The number of aromatic nitrogens is 2. The summed E-state index contributed by atoms with van der Waals surface area (Å²) in [6.07, 6.45) is 2.73. The van der Waals surface area contributed by atoms with Crippen molar-refractivity contribution in [3.63, 3.8) is 0 Å². The number of rotatable bonds is 5. The van der Waals surface area contributed by atoms with Gasteiger partial charge in [-0.05, 0) is 30.7 Å². The van der Waals surface area contributed by atoms with Gasteiger partial charge in [0.2, 0.25) is 11.8 Å². The van der Waals surface area contributed by atoms with E-state index in [2.05, 4.69) is 0 Å². The van der Waals surface area contributed by atoms with Crippen molar-refractivity contribution in [2.24, 2.45) is 0 Å². The molecule has 33 heavy (non-hydrogen) atoms. The van der Waals surface area contributed by atoms with Crippen LogP contribution in [0.1, 0.15) is 18.9 Å². The highest BCUT2D eigenvalue weighted by atomic mass is 16.6. The minimum atomic E-state index is -0.444. The number of carbonyl (C=O) groups excluding carboxylic acids is 2. The Morgan fingerprint density at radius 3 is 2.30 bits per heavy atom. The zero-order valence-corrected chi connectivity index (χ0v) is 18.4. The Bertz CT molecular complexity index is 1160. The number of amides is 2. The molecular weight excluding hydrogens is 422 g/mol. The fourth-order valence-corrected chi connectivity index (χ4v) is 3.99. The highest BCUT2D eigenvalue weighted by molar-refractivity contribution is 5.81. The summed E-state index contributed by atoms with van der Waals surface area (Å²) in [7, 11) is 0. The molecule has 1 aliphatic rings. The van der Waals surface area contributed by atoms with Crippen LogP contribution >= 0.6 is 0 Å². The molecule has 0 aliphatic carbocycles. The van der Waals surface area contributed by atoms with Gasteiger partial charge in [-0.3, -0.25) is 19.7 Å². The van der Waals surface area contributed by atoms with Crippen molar-refractivity contribution < 1.29 is 14.5 Å². The molecular formula is C24H25N5O4. The van der Waals surface area contributed by atoms with Crippen molar-refractivity contribution in [3.05, 3.63) is 76.5 Å². The third kappa shape index (κ3) is 5.08. The highest BCUT2D eigenvalue weighted by Crippen LogP contribution is 2.26. The van der Waals surface area contributed by atoms with E-state index in [4.69, 9.17) is 5.10 Å². The average molecular weight is 447 g/mol. The predicted molar refractivity (Wildman–Crippen MR) is 123 cm³/mol. The minimum absolute atomic E-state index is 0.00143. The van der Waals surface area contributed by atoms with E-state index in [-0.39, 0.29) is 23.9 Å². The lowest BCUT2D eigenvalue weighted by molar-refractivity contribution is -0.384. The first-order valence-electron chi connectivity index (χ1n) is 10.8. The molecule has 2 aromatic carbocycles. The van der Waals surface area contributed by atoms with Crippen LogP contribution in [-0.2, 0) is 16.0 Å². The van der Waals surface area contributed by atoms with Crippen molar-refractivity contribution in [2.45, 2.75) is 19.8 Å². The summed E-state index contributed by atoms with van der Waals surface area (Å²) >= 11 is 0. The van der Waals surface area contributed by atoms with Gasteiger partial charge >= 0.3 is 0 Å². The first kappa shape index (κ1) is 22.2. The molecule has 1 aromatic heterocycles. The molecule has 0 spiro atoms. The van der Waals surface area contributed by atoms with E-state index in [1.54, 1.807) is 33.5 Å². The molecule has 0 radical (unpaired) electrons. The van der Waals surface area contributed by atoms with E-state index in [1.165, 1.54) is 12.1 Å². The standard InChI is InChI=1S/C24H25N5O4/c1-18(30)26-12-5-13-27(15-14-26)23(31)16-20-17-28(21-6-3-2-4-7-21)25-24(20)19-8-10-22(11-9-19)29(32)33/h2-4,6-11,17H,5,12-16H2,1H3. The quantitative estimate of drug-likeness (QED) is 0.442. The van der Waals surface area contributed by atoms with Crippen LogP contribution in [0.25, 0.3) is 16.9 Å². The number of hydrogen-bond acceptors (Lipinski definition) is 5. The Hall–Kier alpha value is -4.01. The van der Waals surface area contributed by atoms with Gasteiger partial charge in [-0.2, -0.15) is 5.10 Å². The van der Waals surface area contributed by atoms with E-state index in [1.807, 2.05) is 36.5 Å². The number of nitrogens with zero attached hydrogens (tertiary/aromatic N) is 5. The van der Waals surface area contributed by atoms with Crippen molar-refractivity contribution in [1.29, 1.82) is 0 Å². The molecule has 4 rings (SSSR count).